The minimum atomic E-state index is -4.87. The van der Waals surface area contributed by atoms with Crippen LogP contribution in [0.4, 0.5) is 26.3 Å². The van der Waals surface area contributed by atoms with Gasteiger partial charge in [-0.1, -0.05) is 0 Å². The van der Waals surface area contributed by atoms with E-state index >= 15 is 0 Å². The molecule has 0 saturated carbocycles. The van der Waals surface area contributed by atoms with Gasteiger partial charge in [0.1, 0.15) is 0 Å². The van der Waals surface area contributed by atoms with Gasteiger partial charge in [0.05, 0.1) is 30.9 Å². The van der Waals surface area contributed by atoms with Crippen molar-refractivity contribution in [3.05, 3.63) is 34.9 Å². The molecule has 0 aromatic heterocycles. The Bertz CT molecular complexity index is 392. The fourth-order valence-corrected chi connectivity index (χ4v) is 1.36. The largest absolute Gasteiger partial charge is 0.416 e. The molecule has 1 N–H and O–H groups in total. The van der Waals surface area contributed by atoms with Gasteiger partial charge in [-0.25, -0.2) is 0 Å². The van der Waals surface area contributed by atoms with E-state index in [1.807, 2.05) is 0 Å². The first-order valence-electron chi connectivity index (χ1n) is 5.11. The zero-order valence-corrected chi connectivity index (χ0v) is 9.48. The molecule has 2 nitrogen and oxygen atoms in total. The molecule has 1 rings (SSSR count). The Morgan fingerprint density at radius 2 is 1.37 bits per heavy atom. The molecule has 0 unspecified atom stereocenters. The van der Waals surface area contributed by atoms with Crippen molar-refractivity contribution < 1.29 is 36.2 Å². The van der Waals surface area contributed by atoms with Crippen molar-refractivity contribution in [1.82, 2.24) is 0 Å². The average Bonchev–Trinajstić information content (AvgIpc) is 2.27. The predicted molar refractivity (Wildman–Crippen MR) is 53.2 cm³/mol. The highest BCUT2D eigenvalue weighted by Crippen LogP contribution is 2.36. The standard InChI is InChI=1S/C11H10F6O2/c12-10(13,14)8-3-7(6-19-2-1-18)4-9(5-8)11(15,16)17/h3-5,18H,1-2,6H2. The second-order valence-electron chi connectivity index (χ2n) is 3.69. The Kier molecular flexibility index (Phi) is 4.81. The highest BCUT2D eigenvalue weighted by atomic mass is 19.4. The molecule has 0 saturated heterocycles. The van der Waals surface area contributed by atoms with Crippen LogP contribution in [0, 0.1) is 0 Å². The number of hydrogen-bond donors (Lipinski definition) is 1. The molecule has 0 amide bonds. The lowest BCUT2D eigenvalue weighted by atomic mass is 10.1. The van der Waals surface area contributed by atoms with Crippen molar-refractivity contribution in [2.75, 3.05) is 13.2 Å². The fraction of sp³-hybridized carbons (Fsp3) is 0.455. The summed E-state index contributed by atoms with van der Waals surface area (Å²) >= 11 is 0. The summed E-state index contributed by atoms with van der Waals surface area (Å²) in [4.78, 5) is 0. The minimum absolute atomic E-state index is 0.0511. The third-order valence-corrected chi connectivity index (χ3v) is 2.15. The van der Waals surface area contributed by atoms with Gasteiger partial charge in [-0.15, -0.1) is 0 Å². The number of alkyl halides is 6. The number of aliphatic hydroxyl groups is 1. The molecule has 0 aliphatic rings. The van der Waals surface area contributed by atoms with Crippen LogP contribution in [0.2, 0.25) is 0 Å². The molecule has 108 valence electrons. The van der Waals surface area contributed by atoms with E-state index in [4.69, 9.17) is 9.84 Å². The molecule has 1 aromatic rings. The number of benzene rings is 1. The van der Waals surface area contributed by atoms with E-state index in [-0.39, 0.29) is 24.8 Å². The summed E-state index contributed by atoms with van der Waals surface area (Å²) in [6, 6.07) is 1.23. The van der Waals surface area contributed by atoms with Gasteiger partial charge in [0.25, 0.3) is 0 Å². The van der Waals surface area contributed by atoms with Crippen LogP contribution in [0.25, 0.3) is 0 Å². The molecule has 0 fully saturated rings. The van der Waals surface area contributed by atoms with Crippen molar-refractivity contribution in [3.63, 3.8) is 0 Å². The van der Waals surface area contributed by atoms with Crippen LogP contribution in [0.15, 0.2) is 18.2 Å². The monoisotopic (exact) mass is 288 g/mol. The topological polar surface area (TPSA) is 29.5 Å². The molecule has 0 atom stereocenters. The number of halogens is 6. The van der Waals surface area contributed by atoms with Gasteiger partial charge in [-0.05, 0) is 23.8 Å². The maximum absolute atomic E-state index is 12.5. The molecular formula is C11H10F6O2. The van der Waals surface area contributed by atoms with Gasteiger partial charge in [0, 0.05) is 0 Å². The Balaban J connectivity index is 3.10. The Morgan fingerprint density at radius 1 is 0.895 bits per heavy atom. The van der Waals surface area contributed by atoms with Crippen LogP contribution < -0.4 is 0 Å². The first-order chi connectivity index (χ1) is 8.64. The number of rotatable bonds is 4. The lowest BCUT2D eigenvalue weighted by molar-refractivity contribution is -0.143. The summed E-state index contributed by atoms with van der Waals surface area (Å²) in [6.07, 6.45) is -9.74. The lowest BCUT2D eigenvalue weighted by Gasteiger charge is -2.14. The highest BCUT2D eigenvalue weighted by Gasteiger charge is 2.36. The van der Waals surface area contributed by atoms with E-state index in [1.165, 1.54) is 0 Å². The molecule has 1 aromatic carbocycles. The van der Waals surface area contributed by atoms with E-state index in [0.717, 1.165) is 0 Å². The molecule has 0 bridgehead atoms. The normalized spacial score (nSPS) is 12.8. The maximum Gasteiger partial charge on any atom is 0.416 e. The Labute approximate surface area is 104 Å². The maximum atomic E-state index is 12.5. The zero-order valence-electron chi connectivity index (χ0n) is 9.48. The van der Waals surface area contributed by atoms with Crippen molar-refractivity contribution in [1.29, 1.82) is 0 Å². The van der Waals surface area contributed by atoms with Gasteiger partial charge in [0.15, 0.2) is 0 Å². The van der Waals surface area contributed by atoms with Crippen LogP contribution in [-0.4, -0.2) is 18.3 Å². The van der Waals surface area contributed by atoms with Crippen LogP contribution in [0.3, 0.4) is 0 Å². The van der Waals surface area contributed by atoms with Crippen LogP contribution in [-0.2, 0) is 23.7 Å². The molecule has 0 heterocycles. The van der Waals surface area contributed by atoms with Gasteiger partial charge in [-0.2, -0.15) is 26.3 Å². The van der Waals surface area contributed by atoms with E-state index in [1.54, 1.807) is 0 Å². The lowest BCUT2D eigenvalue weighted by Crippen LogP contribution is -2.12. The minimum Gasteiger partial charge on any atom is -0.394 e. The van der Waals surface area contributed by atoms with Gasteiger partial charge in [-0.3, -0.25) is 0 Å². The second-order valence-corrected chi connectivity index (χ2v) is 3.69. The summed E-state index contributed by atoms with van der Waals surface area (Å²) in [7, 11) is 0. The molecule has 0 radical (unpaired) electrons. The van der Waals surface area contributed by atoms with Crippen molar-refractivity contribution >= 4 is 0 Å². The van der Waals surface area contributed by atoms with Crippen molar-refractivity contribution in [3.8, 4) is 0 Å². The van der Waals surface area contributed by atoms with Gasteiger partial charge < -0.3 is 9.84 Å². The quantitative estimate of drug-likeness (QED) is 0.681. The van der Waals surface area contributed by atoms with E-state index in [0.29, 0.717) is 12.1 Å². The summed E-state index contributed by atoms with van der Waals surface area (Å²) < 4.78 is 79.6. The van der Waals surface area contributed by atoms with E-state index in [2.05, 4.69) is 0 Å². The molecule has 8 heteroatoms. The van der Waals surface area contributed by atoms with Crippen LogP contribution in [0.1, 0.15) is 16.7 Å². The third-order valence-electron chi connectivity index (χ3n) is 2.15. The van der Waals surface area contributed by atoms with Crippen molar-refractivity contribution in [2.45, 2.75) is 19.0 Å². The smallest absolute Gasteiger partial charge is 0.394 e. The van der Waals surface area contributed by atoms with Crippen LogP contribution >= 0.6 is 0 Å². The predicted octanol–water partition coefficient (Wildman–Crippen LogP) is 3.23. The second kappa shape index (κ2) is 5.79. The molecule has 0 aliphatic carbocycles. The fourth-order valence-electron chi connectivity index (χ4n) is 1.36. The zero-order chi connectivity index (χ0) is 14.7. The summed E-state index contributed by atoms with van der Waals surface area (Å²) in [5, 5.41) is 8.43. The third kappa shape index (κ3) is 4.71. The SMILES string of the molecule is OCCOCc1cc(C(F)(F)F)cc(C(F)(F)F)c1. The first-order valence-corrected chi connectivity index (χ1v) is 5.11. The first kappa shape index (κ1) is 15.8. The Hall–Kier alpha value is -1.28. The van der Waals surface area contributed by atoms with Gasteiger partial charge in [0.2, 0.25) is 0 Å². The molecule has 19 heavy (non-hydrogen) atoms. The molecular weight excluding hydrogens is 278 g/mol. The average molecular weight is 288 g/mol. The molecule has 0 aliphatic heterocycles. The van der Waals surface area contributed by atoms with Gasteiger partial charge >= 0.3 is 12.4 Å². The highest BCUT2D eigenvalue weighted by molar-refractivity contribution is 5.33. The number of ether oxygens (including phenoxy) is 1. The number of hydrogen-bond acceptors (Lipinski definition) is 2. The van der Waals surface area contributed by atoms with E-state index in [9.17, 15) is 26.3 Å². The molecule has 0 spiro atoms. The van der Waals surface area contributed by atoms with E-state index < -0.39 is 30.1 Å². The number of aliphatic hydroxyl groups excluding tert-OH is 1. The summed E-state index contributed by atoms with van der Waals surface area (Å²) in [5.41, 5.74) is -3.02. The van der Waals surface area contributed by atoms with Crippen LogP contribution in [0.5, 0.6) is 0 Å². The summed E-state index contributed by atoms with van der Waals surface area (Å²) in [5.74, 6) is 0. The summed E-state index contributed by atoms with van der Waals surface area (Å²) in [6.45, 7) is -0.976. The van der Waals surface area contributed by atoms with Crippen molar-refractivity contribution in [2.24, 2.45) is 0 Å². The Morgan fingerprint density at radius 3 is 1.74 bits per heavy atom.